The van der Waals surface area contributed by atoms with Gasteiger partial charge in [0.15, 0.2) is 0 Å². The Labute approximate surface area is 98.0 Å². The van der Waals surface area contributed by atoms with Crippen LogP contribution in [-0.4, -0.2) is 23.6 Å². The second kappa shape index (κ2) is 4.35. The lowest BCUT2D eigenvalue weighted by molar-refractivity contribution is 0.321. The van der Waals surface area contributed by atoms with E-state index in [9.17, 15) is 0 Å². The van der Waals surface area contributed by atoms with E-state index in [1.165, 1.54) is 25.6 Å². The van der Waals surface area contributed by atoms with E-state index in [1.807, 2.05) is 7.05 Å². The largest absolute Gasteiger partial charge is 0.383 e. The molecule has 1 aromatic heterocycles. The summed E-state index contributed by atoms with van der Waals surface area (Å²) >= 11 is 3.42. The highest BCUT2D eigenvalue weighted by molar-refractivity contribution is 9.10. The fourth-order valence-electron chi connectivity index (χ4n) is 1.79. The number of nitrogens with zero attached hydrogens (tertiary/aromatic N) is 3. The summed E-state index contributed by atoms with van der Waals surface area (Å²) < 4.78 is 0.798. The maximum Gasteiger partial charge on any atom is 0.148 e. The summed E-state index contributed by atoms with van der Waals surface area (Å²) in [4.78, 5) is 10.3. The first-order valence-electron chi connectivity index (χ1n) is 5.15. The normalized spacial score (nSPS) is 16.1. The zero-order chi connectivity index (χ0) is 10.8. The fraction of sp³-hybridized carbons (Fsp3) is 0.600. The van der Waals surface area contributed by atoms with Crippen LogP contribution in [0, 0.1) is 5.92 Å². The van der Waals surface area contributed by atoms with Crippen LogP contribution in [0.2, 0.25) is 0 Å². The number of rotatable bonds is 3. The number of aromatic nitrogens is 2. The van der Waals surface area contributed by atoms with Crippen molar-refractivity contribution in [3.8, 4) is 0 Å². The predicted molar refractivity (Wildman–Crippen MR) is 64.8 cm³/mol. The zero-order valence-corrected chi connectivity index (χ0v) is 10.4. The van der Waals surface area contributed by atoms with Crippen LogP contribution in [0.4, 0.5) is 11.6 Å². The van der Waals surface area contributed by atoms with Crippen molar-refractivity contribution in [1.82, 2.24) is 9.97 Å². The molecule has 2 N–H and O–H groups in total. The molecule has 0 unspecified atom stereocenters. The SMILES string of the molecule is CN(CC1CCC1)c1ncnc(N)c1Br. The first kappa shape index (κ1) is 10.7. The minimum absolute atomic E-state index is 0.500. The van der Waals surface area contributed by atoms with Crippen LogP contribution >= 0.6 is 15.9 Å². The van der Waals surface area contributed by atoms with Crippen LogP contribution in [-0.2, 0) is 0 Å². The van der Waals surface area contributed by atoms with Gasteiger partial charge in [-0.05, 0) is 34.7 Å². The van der Waals surface area contributed by atoms with Gasteiger partial charge >= 0.3 is 0 Å². The minimum atomic E-state index is 0.500. The fourth-order valence-corrected chi connectivity index (χ4v) is 2.30. The molecule has 15 heavy (non-hydrogen) atoms. The van der Waals surface area contributed by atoms with Crippen molar-refractivity contribution in [2.24, 2.45) is 5.92 Å². The Hall–Kier alpha value is -0.840. The van der Waals surface area contributed by atoms with Crippen LogP contribution in [0.3, 0.4) is 0 Å². The summed E-state index contributed by atoms with van der Waals surface area (Å²) in [6, 6.07) is 0. The maximum atomic E-state index is 5.71. The average molecular weight is 271 g/mol. The lowest BCUT2D eigenvalue weighted by Crippen LogP contribution is -2.30. The van der Waals surface area contributed by atoms with Gasteiger partial charge in [-0.3, -0.25) is 0 Å². The topological polar surface area (TPSA) is 55.0 Å². The highest BCUT2D eigenvalue weighted by Gasteiger charge is 2.21. The van der Waals surface area contributed by atoms with Gasteiger partial charge in [-0.1, -0.05) is 6.42 Å². The minimum Gasteiger partial charge on any atom is -0.383 e. The van der Waals surface area contributed by atoms with E-state index in [0.717, 1.165) is 22.8 Å². The van der Waals surface area contributed by atoms with Crippen molar-refractivity contribution in [3.05, 3.63) is 10.8 Å². The van der Waals surface area contributed by atoms with Crippen LogP contribution in [0.15, 0.2) is 10.8 Å². The van der Waals surface area contributed by atoms with Crippen molar-refractivity contribution in [2.45, 2.75) is 19.3 Å². The molecule has 0 spiro atoms. The molecule has 0 aliphatic heterocycles. The zero-order valence-electron chi connectivity index (χ0n) is 8.78. The lowest BCUT2D eigenvalue weighted by atomic mass is 9.85. The molecule has 82 valence electrons. The Kier molecular flexibility index (Phi) is 3.09. The van der Waals surface area contributed by atoms with E-state index in [4.69, 9.17) is 5.73 Å². The van der Waals surface area contributed by atoms with Crippen LogP contribution in [0.1, 0.15) is 19.3 Å². The van der Waals surface area contributed by atoms with Crippen molar-refractivity contribution >= 4 is 27.6 Å². The summed E-state index contributed by atoms with van der Waals surface area (Å²) in [5, 5.41) is 0. The van der Waals surface area contributed by atoms with E-state index in [1.54, 1.807) is 0 Å². The van der Waals surface area contributed by atoms with Gasteiger partial charge in [-0.25, -0.2) is 9.97 Å². The van der Waals surface area contributed by atoms with Crippen molar-refractivity contribution in [3.63, 3.8) is 0 Å². The summed E-state index contributed by atoms with van der Waals surface area (Å²) in [5.41, 5.74) is 5.71. The molecule has 2 rings (SSSR count). The Morgan fingerprint density at radius 3 is 2.87 bits per heavy atom. The van der Waals surface area contributed by atoms with Crippen LogP contribution in [0.5, 0.6) is 0 Å². The van der Waals surface area contributed by atoms with Gasteiger partial charge in [0.25, 0.3) is 0 Å². The number of halogens is 1. The molecule has 0 atom stereocenters. The maximum absolute atomic E-state index is 5.71. The van der Waals surface area contributed by atoms with Crippen molar-refractivity contribution in [1.29, 1.82) is 0 Å². The third-order valence-corrected chi connectivity index (χ3v) is 3.68. The van der Waals surface area contributed by atoms with Gasteiger partial charge in [-0.2, -0.15) is 0 Å². The average Bonchev–Trinajstić information content (AvgIpc) is 2.15. The van der Waals surface area contributed by atoms with Crippen molar-refractivity contribution in [2.75, 3.05) is 24.2 Å². The Morgan fingerprint density at radius 2 is 2.27 bits per heavy atom. The van der Waals surface area contributed by atoms with Gasteiger partial charge in [0, 0.05) is 13.6 Å². The van der Waals surface area contributed by atoms with Gasteiger partial charge < -0.3 is 10.6 Å². The number of hydrogen-bond acceptors (Lipinski definition) is 4. The molecule has 4 nitrogen and oxygen atoms in total. The van der Waals surface area contributed by atoms with E-state index >= 15 is 0 Å². The van der Waals surface area contributed by atoms with Gasteiger partial charge in [0.05, 0.1) is 0 Å². The molecule has 0 bridgehead atoms. The number of anilines is 2. The summed E-state index contributed by atoms with van der Waals surface area (Å²) in [5.74, 6) is 2.20. The Morgan fingerprint density at radius 1 is 1.53 bits per heavy atom. The molecule has 1 aromatic rings. The third kappa shape index (κ3) is 2.22. The number of hydrogen-bond donors (Lipinski definition) is 1. The molecule has 0 saturated heterocycles. The van der Waals surface area contributed by atoms with E-state index in [2.05, 4.69) is 30.8 Å². The summed E-state index contributed by atoms with van der Waals surface area (Å²) in [7, 11) is 2.05. The molecule has 0 aromatic carbocycles. The summed E-state index contributed by atoms with van der Waals surface area (Å²) in [6.07, 6.45) is 5.54. The van der Waals surface area contributed by atoms with Gasteiger partial charge in [0.1, 0.15) is 22.4 Å². The quantitative estimate of drug-likeness (QED) is 0.914. The standard InChI is InChI=1S/C10H15BrN4/c1-15(5-7-3-2-4-7)10-8(11)9(12)13-6-14-10/h6-7H,2-5H2,1H3,(H2,12,13,14). The predicted octanol–water partition coefficient (Wildman–Crippen LogP) is 2.06. The van der Waals surface area contributed by atoms with Crippen LogP contribution < -0.4 is 10.6 Å². The molecule has 1 aliphatic carbocycles. The first-order valence-corrected chi connectivity index (χ1v) is 5.95. The second-order valence-corrected chi connectivity index (χ2v) is 4.87. The monoisotopic (exact) mass is 270 g/mol. The van der Waals surface area contributed by atoms with Gasteiger partial charge in [0.2, 0.25) is 0 Å². The molecule has 1 aliphatic rings. The highest BCUT2D eigenvalue weighted by Crippen LogP contribution is 2.31. The molecule has 5 heteroatoms. The lowest BCUT2D eigenvalue weighted by Gasteiger charge is -2.31. The number of nitrogen functional groups attached to an aromatic ring is 1. The molecular formula is C10H15BrN4. The second-order valence-electron chi connectivity index (χ2n) is 4.07. The summed E-state index contributed by atoms with van der Waals surface area (Å²) in [6.45, 7) is 1.05. The first-order chi connectivity index (χ1) is 7.18. The smallest absolute Gasteiger partial charge is 0.148 e. The number of nitrogens with two attached hydrogens (primary N) is 1. The van der Waals surface area contributed by atoms with Gasteiger partial charge in [-0.15, -0.1) is 0 Å². The van der Waals surface area contributed by atoms with E-state index < -0.39 is 0 Å². The van der Waals surface area contributed by atoms with E-state index in [0.29, 0.717) is 5.82 Å². The Bertz CT molecular complexity index is 351. The molecular weight excluding hydrogens is 256 g/mol. The molecule has 1 fully saturated rings. The van der Waals surface area contributed by atoms with Crippen molar-refractivity contribution < 1.29 is 0 Å². The molecule has 0 radical (unpaired) electrons. The van der Waals surface area contributed by atoms with Crippen LogP contribution in [0.25, 0.3) is 0 Å². The molecule has 1 heterocycles. The highest BCUT2D eigenvalue weighted by atomic mass is 79.9. The molecule has 1 saturated carbocycles. The Balaban J connectivity index is 2.09. The molecule has 0 amide bonds. The third-order valence-electron chi connectivity index (χ3n) is 2.92. The van der Waals surface area contributed by atoms with E-state index in [-0.39, 0.29) is 0 Å².